The summed E-state index contributed by atoms with van der Waals surface area (Å²) in [7, 11) is 0. The predicted octanol–water partition coefficient (Wildman–Crippen LogP) is 2.05. The second-order valence-electron chi connectivity index (χ2n) is 2.85. The Labute approximate surface area is 85.7 Å². The van der Waals surface area contributed by atoms with Crippen molar-refractivity contribution >= 4 is 6.04 Å². The zero-order chi connectivity index (χ0) is 11.4. The first-order valence-electron chi connectivity index (χ1n) is 4.28. The van der Waals surface area contributed by atoms with Crippen LogP contribution in [0.4, 0.5) is 8.78 Å². The van der Waals surface area contributed by atoms with Gasteiger partial charge in [0.15, 0.2) is 0 Å². The molecule has 1 heterocycles. The normalized spacial score (nSPS) is 10.0. The summed E-state index contributed by atoms with van der Waals surface area (Å²) in [6, 6.07) is -1.82. The van der Waals surface area contributed by atoms with Gasteiger partial charge in [-0.05, 0) is 0 Å². The molecule has 0 spiro atoms. The number of rotatable bonds is 5. The molecule has 5 heteroatoms. The highest BCUT2D eigenvalue weighted by Gasteiger charge is 2.22. The topological polar surface area (TPSA) is 34.9 Å². The number of carbonyl (C=O) groups excluding carboxylic acids is 1. The van der Waals surface area contributed by atoms with Crippen LogP contribution in [-0.2, 0) is 13.0 Å². The van der Waals surface area contributed by atoms with E-state index in [1.165, 1.54) is 12.2 Å². The summed E-state index contributed by atoms with van der Waals surface area (Å²) in [4.78, 5) is 10.6. The summed E-state index contributed by atoms with van der Waals surface area (Å²) >= 11 is 0. The third-order valence-corrected chi connectivity index (χ3v) is 1.80. The van der Waals surface area contributed by atoms with Gasteiger partial charge in [0.1, 0.15) is 5.56 Å². The number of aromatic nitrogens is 2. The van der Waals surface area contributed by atoms with Gasteiger partial charge in [0, 0.05) is 6.42 Å². The molecule has 0 aromatic carbocycles. The van der Waals surface area contributed by atoms with E-state index in [1.807, 2.05) is 0 Å². The Morgan fingerprint density at radius 3 is 2.60 bits per heavy atom. The SMILES string of the molecule is C=CCc1nn(CC=C)c(F)c1C(=O)F. The molecule has 1 rings (SSSR count). The van der Waals surface area contributed by atoms with Crippen molar-refractivity contribution in [3.05, 3.63) is 42.5 Å². The Kier molecular flexibility index (Phi) is 3.49. The number of hydrogen-bond donors (Lipinski definition) is 0. The highest BCUT2D eigenvalue weighted by Crippen LogP contribution is 2.15. The molecule has 3 nitrogen and oxygen atoms in total. The van der Waals surface area contributed by atoms with E-state index in [0.717, 1.165) is 4.68 Å². The van der Waals surface area contributed by atoms with Crippen LogP contribution in [0.2, 0.25) is 0 Å². The molecule has 0 aliphatic carbocycles. The molecule has 0 fully saturated rings. The first-order valence-corrected chi connectivity index (χ1v) is 4.28. The van der Waals surface area contributed by atoms with Crippen LogP contribution in [0.3, 0.4) is 0 Å². The molecule has 0 unspecified atom stereocenters. The molecule has 0 amide bonds. The summed E-state index contributed by atoms with van der Waals surface area (Å²) in [6.07, 6.45) is 2.97. The van der Waals surface area contributed by atoms with Crippen LogP contribution >= 0.6 is 0 Å². The first kappa shape index (κ1) is 11.3. The lowest BCUT2D eigenvalue weighted by Crippen LogP contribution is -2.02. The smallest absolute Gasteiger partial charge is 0.255 e. The Morgan fingerprint density at radius 1 is 1.47 bits per heavy atom. The molecular weight excluding hydrogens is 202 g/mol. The van der Waals surface area contributed by atoms with Crippen molar-refractivity contribution in [3.8, 4) is 0 Å². The van der Waals surface area contributed by atoms with Crippen LogP contribution in [0, 0.1) is 5.95 Å². The molecule has 0 radical (unpaired) electrons. The van der Waals surface area contributed by atoms with Crippen molar-refractivity contribution in [1.82, 2.24) is 9.78 Å². The number of halogens is 2. The molecule has 0 atom stereocenters. The Morgan fingerprint density at radius 2 is 2.13 bits per heavy atom. The number of nitrogens with zero attached hydrogens (tertiary/aromatic N) is 2. The third kappa shape index (κ3) is 2.18. The molecule has 0 aliphatic heterocycles. The van der Waals surface area contributed by atoms with Crippen molar-refractivity contribution in [1.29, 1.82) is 0 Å². The number of hydrogen-bond acceptors (Lipinski definition) is 2. The maximum absolute atomic E-state index is 13.4. The average Bonchev–Trinajstić information content (AvgIpc) is 2.45. The van der Waals surface area contributed by atoms with E-state index in [0.29, 0.717) is 0 Å². The summed E-state index contributed by atoms with van der Waals surface area (Å²) in [5.74, 6) is -0.973. The maximum Gasteiger partial charge on any atom is 0.338 e. The fourth-order valence-corrected chi connectivity index (χ4v) is 1.21. The molecule has 0 saturated heterocycles. The monoisotopic (exact) mass is 212 g/mol. The Hall–Kier alpha value is -1.78. The lowest BCUT2D eigenvalue weighted by atomic mass is 10.2. The first-order chi connectivity index (χ1) is 7.11. The maximum atomic E-state index is 13.4. The van der Waals surface area contributed by atoms with Gasteiger partial charge in [0.2, 0.25) is 5.95 Å². The predicted molar refractivity (Wildman–Crippen MR) is 51.7 cm³/mol. The van der Waals surface area contributed by atoms with Crippen LogP contribution in [-0.4, -0.2) is 15.8 Å². The van der Waals surface area contributed by atoms with E-state index < -0.39 is 17.5 Å². The fourth-order valence-electron chi connectivity index (χ4n) is 1.21. The summed E-state index contributed by atoms with van der Waals surface area (Å²) in [5, 5.41) is 3.75. The zero-order valence-electron chi connectivity index (χ0n) is 8.04. The molecule has 0 aliphatic rings. The minimum atomic E-state index is -1.82. The van der Waals surface area contributed by atoms with Crippen molar-refractivity contribution in [2.75, 3.05) is 0 Å². The van der Waals surface area contributed by atoms with Gasteiger partial charge in [0.25, 0.3) is 0 Å². The van der Waals surface area contributed by atoms with E-state index in [2.05, 4.69) is 18.3 Å². The Balaban J connectivity index is 3.24. The van der Waals surface area contributed by atoms with E-state index in [-0.39, 0.29) is 18.7 Å². The van der Waals surface area contributed by atoms with Crippen molar-refractivity contribution in [3.63, 3.8) is 0 Å². The lowest BCUT2D eigenvalue weighted by molar-refractivity contribution is 0.0830. The van der Waals surface area contributed by atoms with Crippen LogP contribution in [0.25, 0.3) is 0 Å². The standard InChI is InChI=1S/C10H10F2N2O/c1-3-5-7-8(10(12)15)9(11)14(13-7)6-4-2/h3-4H,1-2,5-6H2. The van der Waals surface area contributed by atoms with Gasteiger partial charge in [0.05, 0.1) is 12.2 Å². The van der Waals surface area contributed by atoms with Gasteiger partial charge < -0.3 is 0 Å². The molecule has 80 valence electrons. The van der Waals surface area contributed by atoms with Gasteiger partial charge in [-0.25, -0.2) is 4.68 Å². The Bertz CT molecular complexity index is 410. The van der Waals surface area contributed by atoms with Crippen LogP contribution in [0.1, 0.15) is 16.1 Å². The zero-order valence-corrected chi connectivity index (χ0v) is 8.04. The van der Waals surface area contributed by atoms with Gasteiger partial charge in [-0.2, -0.15) is 13.9 Å². The fraction of sp³-hybridized carbons (Fsp3) is 0.200. The third-order valence-electron chi connectivity index (χ3n) is 1.80. The summed E-state index contributed by atoms with van der Waals surface area (Å²) in [6.45, 7) is 6.90. The molecule has 0 N–H and O–H groups in total. The van der Waals surface area contributed by atoms with E-state index in [9.17, 15) is 13.6 Å². The molecule has 1 aromatic heterocycles. The second-order valence-corrected chi connectivity index (χ2v) is 2.85. The molecule has 1 aromatic rings. The van der Waals surface area contributed by atoms with Crippen LogP contribution < -0.4 is 0 Å². The highest BCUT2D eigenvalue weighted by molar-refractivity contribution is 5.89. The second kappa shape index (κ2) is 4.63. The number of carbonyl (C=O) groups is 1. The van der Waals surface area contributed by atoms with Crippen molar-refractivity contribution in [2.24, 2.45) is 0 Å². The molecule has 15 heavy (non-hydrogen) atoms. The molecule has 0 bridgehead atoms. The molecular formula is C10H10F2N2O. The quantitative estimate of drug-likeness (QED) is 0.553. The van der Waals surface area contributed by atoms with Gasteiger partial charge in [-0.15, -0.1) is 13.2 Å². The molecule has 0 saturated carbocycles. The van der Waals surface area contributed by atoms with Crippen LogP contribution in [0.15, 0.2) is 25.3 Å². The van der Waals surface area contributed by atoms with E-state index in [4.69, 9.17) is 0 Å². The minimum Gasteiger partial charge on any atom is -0.255 e. The summed E-state index contributed by atoms with van der Waals surface area (Å²) < 4.78 is 26.8. The van der Waals surface area contributed by atoms with Gasteiger partial charge in [-0.1, -0.05) is 12.2 Å². The van der Waals surface area contributed by atoms with Gasteiger partial charge in [-0.3, -0.25) is 4.79 Å². The van der Waals surface area contributed by atoms with Gasteiger partial charge >= 0.3 is 6.04 Å². The average molecular weight is 212 g/mol. The highest BCUT2D eigenvalue weighted by atomic mass is 19.1. The number of allylic oxidation sites excluding steroid dienone is 2. The van der Waals surface area contributed by atoms with E-state index >= 15 is 0 Å². The van der Waals surface area contributed by atoms with Crippen molar-refractivity contribution in [2.45, 2.75) is 13.0 Å². The minimum absolute atomic E-state index is 0.0526. The van der Waals surface area contributed by atoms with Crippen molar-refractivity contribution < 1.29 is 13.6 Å². The lowest BCUT2D eigenvalue weighted by Gasteiger charge is -1.94. The largest absolute Gasteiger partial charge is 0.338 e. The summed E-state index contributed by atoms with van der Waals surface area (Å²) in [5.41, 5.74) is -0.561. The van der Waals surface area contributed by atoms with E-state index in [1.54, 1.807) is 0 Å². The van der Waals surface area contributed by atoms with Crippen LogP contribution in [0.5, 0.6) is 0 Å².